The fourth-order valence-electron chi connectivity index (χ4n) is 9.34. The zero-order chi connectivity index (χ0) is 31.6. The van der Waals surface area contributed by atoms with Gasteiger partial charge in [-0.2, -0.15) is 0 Å². The molecule has 0 amide bonds. The van der Waals surface area contributed by atoms with Crippen LogP contribution >= 0.6 is 0 Å². The Hall–Kier alpha value is -5.28. The maximum absolute atomic E-state index is 6.33. The van der Waals surface area contributed by atoms with Gasteiger partial charge in [0.15, 0.2) is 0 Å². The van der Waals surface area contributed by atoms with Crippen LogP contribution in [-0.4, -0.2) is 12.1 Å². The summed E-state index contributed by atoms with van der Waals surface area (Å²) in [7, 11) is 0. The van der Waals surface area contributed by atoms with Crippen molar-refractivity contribution in [2.45, 2.75) is 44.2 Å². The highest BCUT2D eigenvalue weighted by atomic mass is 16.3. The van der Waals surface area contributed by atoms with Crippen molar-refractivity contribution in [3.05, 3.63) is 146 Å². The Kier molecular flexibility index (Phi) is 6.46. The molecule has 3 heterocycles. The van der Waals surface area contributed by atoms with Gasteiger partial charge in [0.1, 0.15) is 11.2 Å². The van der Waals surface area contributed by atoms with Gasteiger partial charge in [0, 0.05) is 51.7 Å². The molecule has 7 aromatic rings. The zero-order valence-electron chi connectivity index (χ0n) is 27.0. The minimum Gasteiger partial charge on any atom is -0.456 e. The van der Waals surface area contributed by atoms with E-state index in [0.29, 0.717) is 0 Å². The predicted octanol–water partition coefficient (Wildman–Crippen LogP) is 12.2. The molecule has 0 unspecified atom stereocenters. The molecule has 2 saturated carbocycles. The van der Waals surface area contributed by atoms with E-state index in [-0.39, 0.29) is 0 Å². The quantitative estimate of drug-likeness (QED) is 0.184. The molecule has 11 rings (SSSR count). The van der Waals surface area contributed by atoms with Crippen LogP contribution in [-0.2, 0) is 0 Å². The molecular weight excluding hydrogens is 585 g/mol. The maximum atomic E-state index is 6.33. The molecule has 48 heavy (non-hydrogen) atoms. The lowest BCUT2D eigenvalue weighted by Crippen LogP contribution is -2.58. The highest BCUT2D eigenvalue weighted by Crippen LogP contribution is 2.51. The largest absolute Gasteiger partial charge is 0.456 e. The molecule has 0 atom stereocenters. The van der Waals surface area contributed by atoms with E-state index in [2.05, 4.69) is 143 Å². The van der Waals surface area contributed by atoms with E-state index in [4.69, 9.17) is 4.42 Å². The predicted molar refractivity (Wildman–Crippen MR) is 199 cm³/mol. The van der Waals surface area contributed by atoms with Crippen LogP contribution in [0.4, 0.5) is 22.7 Å². The van der Waals surface area contributed by atoms with Gasteiger partial charge in [0.2, 0.25) is 0 Å². The first-order valence-corrected chi connectivity index (χ1v) is 17.6. The van der Waals surface area contributed by atoms with Gasteiger partial charge in [-0.1, -0.05) is 84.9 Å². The molecular formula is C45H38N2O. The van der Waals surface area contributed by atoms with E-state index in [9.17, 15) is 0 Å². The third-order valence-corrected chi connectivity index (χ3v) is 11.3. The average molecular weight is 623 g/mol. The Morgan fingerprint density at radius 1 is 0.438 bits per heavy atom. The topological polar surface area (TPSA) is 19.6 Å². The first kappa shape index (κ1) is 27.8. The summed E-state index contributed by atoms with van der Waals surface area (Å²) >= 11 is 0. The summed E-state index contributed by atoms with van der Waals surface area (Å²) in [5, 5.41) is 2.29. The van der Waals surface area contributed by atoms with Crippen LogP contribution in [0.1, 0.15) is 32.1 Å². The summed E-state index contributed by atoms with van der Waals surface area (Å²) in [6.07, 6.45) is 7.01. The number of piperidine rings is 2. The summed E-state index contributed by atoms with van der Waals surface area (Å²) in [5.74, 6) is 1.93. The maximum Gasteiger partial charge on any atom is 0.137 e. The van der Waals surface area contributed by atoms with E-state index in [1.165, 1.54) is 60.0 Å². The molecule has 2 aliphatic carbocycles. The smallest absolute Gasteiger partial charge is 0.137 e. The highest BCUT2D eigenvalue weighted by molar-refractivity contribution is 6.06. The number of furan rings is 1. The second-order valence-electron chi connectivity index (χ2n) is 14.2. The van der Waals surface area contributed by atoms with Crippen molar-refractivity contribution >= 4 is 44.7 Å². The molecule has 4 aliphatic rings. The number of hydrogen-bond acceptors (Lipinski definition) is 3. The number of para-hydroxylation sites is 1. The lowest BCUT2D eigenvalue weighted by Gasteiger charge is -2.57. The van der Waals surface area contributed by atoms with Crippen LogP contribution < -0.4 is 9.80 Å². The van der Waals surface area contributed by atoms with Crippen LogP contribution in [0.15, 0.2) is 150 Å². The summed E-state index contributed by atoms with van der Waals surface area (Å²) < 4.78 is 6.33. The molecule has 3 heteroatoms. The second-order valence-corrected chi connectivity index (χ2v) is 14.2. The second kappa shape index (κ2) is 11.2. The van der Waals surface area contributed by atoms with E-state index < -0.39 is 0 Å². The van der Waals surface area contributed by atoms with E-state index in [0.717, 1.165) is 62.9 Å². The molecule has 234 valence electrons. The van der Waals surface area contributed by atoms with E-state index in [1.54, 1.807) is 0 Å². The van der Waals surface area contributed by atoms with Crippen molar-refractivity contribution in [1.82, 2.24) is 0 Å². The van der Waals surface area contributed by atoms with Gasteiger partial charge < -0.3 is 14.2 Å². The van der Waals surface area contributed by atoms with Gasteiger partial charge >= 0.3 is 0 Å². The van der Waals surface area contributed by atoms with Gasteiger partial charge in [-0.3, -0.25) is 0 Å². The van der Waals surface area contributed by atoms with Gasteiger partial charge in [-0.25, -0.2) is 0 Å². The SMILES string of the molecule is c1ccc(-c2ccc(N(c3ccc(-c4cccc(N5C6CC7CC(C6)CC5C7)c4)cc3)c3ccc4c(c3)oc3ccccc34)cc2)cc1. The first-order valence-electron chi connectivity index (χ1n) is 17.6. The molecule has 3 nitrogen and oxygen atoms in total. The lowest BCUT2D eigenvalue weighted by molar-refractivity contribution is 0.0900. The van der Waals surface area contributed by atoms with Gasteiger partial charge in [-0.05, 0) is 121 Å². The summed E-state index contributed by atoms with van der Waals surface area (Å²) in [6, 6.07) is 54.2. The average Bonchev–Trinajstić information content (AvgIpc) is 3.50. The Morgan fingerprint density at radius 3 is 1.71 bits per heavy atom. The highest BCUT2D eigenvalue weighted by Gasteiger charge is 2.46. The third-order valence-electron chi connectivity index (χ3n) is 11.3. The van der Waals surface area contributed by atoms with Crippen LogP contribution in [0.2, 0.25) is 0 Å². The van der Waals surface area contributed by atoms with Gasteiger partial charge in [-0.15, -0.1) is 0 Å². The minimum atomic E-state index is 0.727. The molecule has 1 aromatic heterocycles. The molecule has 2 aliphatic heterocycles. The first-order chi connectivity index (χ1) is 23.7. The molecule has 0 spiro atoms. The number of nitrogens with zero attached hydrogens (tertiary/aromatic N) is 2. The van der Waals surface area contributed by atoms with Crippen molar-refractivity contribution in [3.63, 3.8) is 0 Å². The number of rotatable bonds is 6. The summed E-state index contributed by atoms with van der Waals surface area (Å²) in [5.41, 5.74) is 11.5. The van der Waals surface area contributed by atoms with Crippen LogP contribution in [0.3, 0.4) is 0 Å². The van der Waals surface area contributed by atoms with Crippen LogP contribution in [0.5, 0.6) is 0 Å². The van der Waals surface area contributed by atoms with Crippen molar-refractivity contribution in [2.75, 3.05) is 9.80 Å². The molecule has 6 aromatic carbocycles. The van der Waals surface area contributed by atoms with Crippen molar-refractivity contribution in [3.8, 4) is 22.3 Å². The van der Waals surface area contributed by atoms with E-state index >= 15 is 0 Å². The Labute approximate surface area is 282 Å². The third kappa shape index (κ3) is 4.72. The number of benzene rings is 6. The fraction of sp³-hybridized carbons (Fsp3) is 0.200. The molecule has 4 bridgehead atoms. The summed E-state index contributed by atoms with van der Waals surface area (Å²) in [6.45, 7) is 0. The zero-order valence-corrected chi connectivity index (χ0v) is 27.0. The standard InChI is InChI=1S/C45H38N2O/c1-2-7-32(8-3-1)33-13-17-36(18-14-33)46(39-21-22-43-42-11-4-5-12-44(42)48-45(43)29-39)37-19-15-34(16-20-37)35-9-6-10-38(28-35)47-40-24-30-23-31(26-40)27-41(47)25-30/h1-22,28-31,40-41H,23-27H2. The van der Waals surface area contributed by atoms with Crippen LogP contribution in [0.25, 0.3) is 44.2 Å². The van der Waals surface area contributed by atoms with E-state index in [1.807, 2.05) is 12.1 Å². The number of fused-ring (bicyclic) bond motifs is 3. The normalized spacial score (nSPS) is 21.3. The fourth-order valence-corrected chi connectivity index (χ4v) is 9.34. The molecule has 4 fully saturated rings. The molecule has 2 saturated heterocycles. The van der Waals surface area contributed by atoms with Gasteiger partial charge in [0.05, 0.1) is 0 Å². The molecule has 0 N–H and O–H groups in total. The Bertz CT molecular complexity index is 2220. The minimum absolute atomic E-state index is 0.727. The number of anilines is 4. The van der Waals surface area contributed by atoms with Gasteiger partial charge in [0.25, 0.3) is 0 Å². The van der Waals surface area contributed by atoms with Crippen LogP contribution in [0, 0.1) is 11.8 Å². The Balaban J connectivity index is 1.01. The Morgan fingerprint density at radius 2 is 1.00 bits per heavy atom. The lowest BCUT2D eigenvalue weighted by atomic mass is 9.63. The summed E-state index contributed by atoms with van der Waals surface area (Å²) in [4.78, 5) is 5.13. The monoisotopic (exact) mass is 622 g/mol. The van der Waals surface area contributed by atoms with Crippen molar-refractivity contribution in [1.29, 1.82) is 0 Å². The van der Waals surface area contributed by atoms with Crippen molar-refractivity contribution < 1.29 is 4.42 Å². The van der Waals surface area contributed by atoms with Crippen molar-refractivity contribution in [2.24, 2.45) is 11.8 Å². The number of hydrogen-bond donors (Lipinski definition) is 0. The molecule has 0 radical (unpaired) electrons.